The second-order valence-electron chi connectivity index (χ2n) is 3.55. The lowest BCUT2D eigenvalue weighted by Crippen LogP contribution is -2.44. The van der Waals surface area contributed by atoms with Crippen molar-refractivity contribution in [2.24, 2.45) is 0 Å². The highest BCUT2D eigenvalue weighted by Gasteiger charge is 2.39. The van der Waals surface area contributed by atoms with Crippen molar-refractivity contribution in [2.75, 3.05) is 11.9 Å². The first-order valence-electron chi connectivity index (χ1n) is 4.57. The van der Waals surface area contributed by atoms with Gasteiger partial charge in [-0.15, -0.1) is 0 Å². The minimum atomic E-state index is -3.49. The van der Waals surface area contributed by atoms with Crippen molar-refractivity contribution in [1.29, 1.82) is 0 Å². The Kier molecular flexibility index (Phi) is 2.08. The van der Waals surface area contributed by atoms with E-state index in [-0.39, 0.29) is 10.8 Å². The van der Waals surface area contributed by atoms with Crippen LogP contribution in [0.3, 0.4) is 0 Å². The first kappa shape index (κ1) is 10.2. The number of para-hydroxylation sites is 1. The predicted molar refractivity (Wildman–Crippen MR) is 56.5 cm³/mol. The van der Waals surface area contributed by atoms with Crippen molar-refractivity contribution < 1.29 is 13.2 Å². The molecule has 1 atom stereocenters. The van der Waals surface area contributed by atoms with Crippen LogP contribution in [0, 0.1) is 0 Å². The number of carbonyl (C=O) groups excluding carboxylic acids is 1. The maximum absolute atomic E-state index is 11.9. The van der Waals surface area contributed by atoms with Crippen LogP contribution in [0.25, 0.3) is 0 Å². The lowest BCUT2D eigenvalue weighted by Gasteiger charge is -2.29. The molecule has 0 fully saturated rings. The molecule has 1 aromatic rings. The van der Waals surface area contributed by atoms with Gasteiger partial charge in [0.05, 0.1) is 10.6 Å². The molecular formula is C10H11NO3S. The highest BCUT2D eigenvalue weighted by Crippen LogP contribution is 2.32. The van der Waals surface area contributed by atoms with Gasteiger partial charge in [0, 0.05) is 7.05 Å². The number of rotatable bonds is 0. The van der Waals surface area contributed by atoms with E-state index in [1.165, 1.54) is 17.9 Å². The van der Waals surface area contributed by atoms with E-state index >= 15 is 0 Å². The van der Waals surface area contributed by atoms with Gasteiger partial charge in [0.1, 0.15) is 5.25 Å². The normalized spacial score (nSPS) is 23.7. The van der Waals surface area contributed by atoms with Crippen LogP contribution in [0.2, 0.25) is 0 Å². The van der Waals surface area contributed by atoms with Gasteiger partial charge in [-0.25, -0.2) is 8.42 Å². The molecule has 0 aromatic heterocycles. The standard InChI is InChI=1S/C10H11NO3S/c1-7-10(12)11(2)8-5-3-4-6-9(8)15(7,13)14/h3-7H,1-2H3. The maximum Gasteiger partial charge on any atom is 0.245 e. The molecule has 0 N–H and O–H groups in total. The van der Waals surface area contributed by atoms with E-state index in [0.717, 1.165) is 0 Å². The monoisotopic (exact) mass is 225 g/mol. The minimum absolute atomic E-state index is 0.236. The van der Waals surface area contributed by atoms with Crippen molar-refractivity contribution >= 4 is 21.4 Å². The Hall–Kier alpha value is -1.36. The van der Waals surface area contributed by atoms with E-state index < -0.39 is 15.1 Å². The summed E-state index contributed by atoms with van der Waals surface area (Å²) in [4.78, 5) is 13.3. The molecule has 80 valence electrons. The van der Waals surface area contributed by atoms with Gasteiger partial charge in [0.2, 0.25) is 5.91 Å². The lowest BCUT2D eigenvalue weighted by atomic mass is 10.2. The van der Waals surface area contributed by atoms with Crippen LogP contribution in [-0.2, 0) is 14.6 Å². The number of amides is 1. The SMILES string of the molecule is CC1C(=O)N(C)c2ccccc2S1(=O)=O. The number of fused-ring (bicyclic) bond motifs is 1. The first-order valence-corrected chi connectivity index (χ1v) is 6.11. The molecule has 0 saturated heterocycles. The van der Waals surface area contributed by atoms with Crippen LogP contribution in [0.5, 0.6) is 0 Å². The van der Waals surface area contributed by atoms with E-state index in [1.807, 2.05) is 0 Å². The third-order valence-electron chi connectivity index (χ3n) is 2.68. The highest BCUT2D eigenvalue weighted by atomic mass is 32.2. The number of benzene rings is 1. The molecule has 1 aliphatic rings. The van der Waals surface area contributed by atoms with Gasteiger partial charge >= 0.3 is 0 Å². The van der Waals surface area contributed by atoms with Crippen molar-refractivity contribution in [3.8, 4) is 0 Å². The van der Waals surface area contributed by atoms with Gasteiger partial charge in [0.15, 0.2) is 9.84 Å². The summed E-state index contributed by atoms with van der Waals surface area (Å²) in [6.45, 7) is 1.42. The quantitative estimate of drug-likeness (QED) is 0.657. The zero-order chi connectivity index (χ0) is 11.2. The van der Waals surface area contributed by atoms with Crippen LogP contribution in [0.4, 0.5) is 5.69 Å². The second kappa shape index (κ2) is 3.06. The smallest absolute Gasteiger partial charge is 0.245 e. The molecule has 1 unspecified atom stereocenters. The molecule has 1 heterocycles. The molecule has 1 aromatic carbocycles. The van der Waals surface area contributed by atoms with E-state index in [2.05, 4.69) is 0 Å². The molecule has 5 heteroatoms. The zero-order valence-electron chi connectivity index (χ0n) is 8.47. The zero-order valence-corrected chi connectivity index (χ0v) is 9.28. The van der Waals surface area contributed by atoms with E-state index in [1.54, 1.807) is 25.2 Å². The maximum atomic E-state index is 11.9. The van der Waals surface area contributed by atoms with Crippen LogP contribution < -0.4 is 4.90 Å². The molecule has 0 radical (unpaired) electrons. The summed E-state index contributed by atoms with van der Waals surface area (Å²) in [5, 5.41) is -0.989. The molecular weight excluding hydrogens is 214 g/mol. The Morgan fingerprint density at radius 1 is 1.27 bits per heavy atom. The summed E-state index contributed by atoms with van der Waals surface area (Å²) in [5.74, 6) is -0.381. The summed E-state index contributed by atoms with van der Waals surface area (Å²) < 4.78 is 23.8. The van der Waals surface area contributed by atoms with Gasteiger partial charge in [-0.2, -0.15) is 0 Å². The van der Waals surface area contributed by atoms with Gasteiger partial charge in [0.25, 0.3) is 0 Å². The minimum Gasteiger partial charge on any atom is -0.313 e. The molecule has 1 amide bonds. The van der Waals surface area contributed by atoms with Gasteiger partial charge in [-0.05, 0) is 19.1 Å². The van der Waals surface area contributed by atoms with Crippen molar-refractivity contribution in [1.82, 2.24) is 0 Å². The molecule has 0 aliphatic carbocycles. The molecule has 0 bridgehead atoms. The molecule has 4 nitrogen and oxygen atoms in total. The number of nitrogens with zero attached hydrogens (tertiary/aromatic N) is 1. The number of sulfone groups is 1. The van der Waals surface area contributed by atoms with E-state index in [4.69, 9.17) is 0 Å². The van der Waals surface area contributed by atoms with Crippen molar-refractivity contribution in [3.63, 3.8) is 0 Å². The topological polar surface area (TPSA) is 54.5 Å². The average molecular weight is 225 g/mol. The summed E-state index contributed by atoms with van der Waals surface area (Å²) >= 11 is 0. The van der Waals surface area contributed by atoms with E-state index in [0.29, 0.717) is 5.69 Å². The third kappa shape index (κ3) is 1.26. The van der Waals surface area contributed by atoms with Crippen LogP contribution in [0.1, 0.15) is 6.92 Å². The fraction of sp³-hybridized carbons (Fsp3) is 0.300. The van der Waals surface area contributed by atoms with E-state index in [9.17, 15) is 13.2 Å². The van der Waals surface area contributed by atoms with Crippen LogP contribution in [-0.4, -0.2) is 26.6 Å². The number of hydrogen-bond acceptors (Lipinski definition) is 3. The molecule has 1 aliphatic heterocycles. The Labute approximate surface area is 88.4 Å². The fourth-order valence-electron chi connectivity index (χ4n) is 1.69. The Balaban J connectivity index is 2.78. The van der Waals surface area contributed by atoms with Crippen molar-refractivity contribution in [2.45, 2.75) is 17.1 Å². The highest BCUT2D eigenvalue weighted by molar-refractivity contribution is 7.93. The second-order valence-corrected chi connectivity index (χ2v) is 5.79. The van der Waals surface area contributed by atoms with Crippen LogP contribution in [0.15, 0.2) is 29.2 Å². The van der Waals surface area contributed by atoms with Gasteiger partial charge in [-0.3, -0.25) is 4.79 Å². The molecule has 0 spiro atoms. The summed E-state index contributed by atoms with van der Waals surface area (Å²) in [7, 11) is -1.90. The number of hydrogen-bond donors (Lipinski definition) is 0. The average Bonchev–Trinajstić information content (AvgIpc) is 2.24. The largest absolute Gasteiger partial charge is 0.313 e. The third-order valence-corrected chi connectivity index (χ3v) is 4.77. The Bertz CT molecular complexity index is 521. The van der Waals surface area contributed by atoms with Crippen molar-refractivity contribution in [3.05, 3.63) is 24.3 Å². The summed E-state index contributed by atoms with van der Waals surface area (Å²) in [5.41, 5.74) is 0.459. The Morgan fingerprint density at radius 3 is 2.53 bits per heavy atom. The lowest BCUT2D eigenvalue weighted by molar-refractivity contribution is -0.117. The number of anilines is 1. The first-order chi connectivity index (χ1) is 6.96. The Morgan fingerprint density at radius 2 is 1.87 bits per heavy atom. The fourth-order valence-corrected chi connectivity index (χ4v) is 3.26. The molecule has 2 rings (SSSR count). The summed E-state index contributed by atoms with van der Waals surface area (Å²) in [6.07, 6.45) is 0. The van der Waals surface area contributed by atoms with Crippen LogP contribution >= 0.6 is 0 Å². The molecule has 0 saturated carbocycles. The van der Waals surface area contributed by atoms with Gasteiger partial charge in [-0.1, -0.05) is 12.1 Å². The summed E-state index contributed by atoms with van der Waals surface area (Å²) in [6, 6.07) is 6.54. The van der Waals surface area contributed by atoms with Gasteiger partial charge < -0.3 is 4.90 Å². The molecule has 15 heavy (non-hydrogen) atoms. The number of carbonyl (C=O) groups is 1. The predicted octanol–water partition coefficient (Wildman–Crippen LogP) is 0.825.